The molecule has 1 aromatic heterocycles. The van der Waals surface area contributed by atoms with Gasteiger partial charge < -0.3 is 5.32 Å². The van der Waals surface area contributed by atoms with Crippen LogP contribution in [-0.4, -0.2) is 33.7 Å². The molecule has 0 atom stereocenters. The molecule has 2 heterocycles. The van der Waals surface area contributed by atoms with E-state index >= 15 is 0 Å². The number of aryl methyl sites for hydroxylation is 1. The van der Waals surface area contributed by atoms with E-state index in [0.29, 0.717) is 13.1 Å². The van der Waals surface area contributed by atoms with Crippen LogP contribution in [0.1, 0.15) is 54.7 Å². The number of nitrogens with one attached hydrogen (secondary N) is 1. The summed E-state index contributed by atoms with van der Waals surface area (Å²) in [5.41, 5.74) is 2.44. The maximum Gasteiger partial charge on any atom is 0.271 e. The number of carbonyl (C=O) groups is 1. The number of piperidine rings is 1. The molecule has 2 aromatic rings. The minimum Gasteiger partial charge on any atom is -0.347 e. The van der Waals surface area contributed by atoms with Crippen molar-refractivity contribution in [1.29, 1.82) is 0 Å². The summed E-state index contributed by atoms with van der Waals surface area (Å²) in [5, 5.41) is 7.03. The predicted octanol–water partition coefficient (Wildman–Crippen LogP) is 2.82. The van der Waals surface area contributed by atoms with Gasteiger partial charge in [0.15, 0.2) is 0 Å². The minimum atomic E-state index is -0.267. The van der Waals surface area contributed by atoms with Gasteiger partial charge in [0.2, 0.25) is 0 Å². The molecule has 0 spiro atoms. The summed E-state index contributed by atoms with van der Waals surface area (Å²) in [4.78, 5) is 26.6. The molecule has 0 aliphatic carbocycles. The molecule has 6 nitrogen and oxygen atoms in total. The van der Waals surface area contributed by atoms with Crippen LogP contribution in [0, 0.1) is 5.92 Å². The van der Waals surface area contributed by atoms with E-state index in [1.165, 1.54) is 48.3 Å². The Morgan fingerprint density at radius 3 is 2.46 bits per heavy atom. The number of benzene rings is 1. The lowest BCUT2D eigenvalue weighted by molar-refractivity contribution is 0.0943. The molecule has 6 heteroatoms. The van der Waals surface area contributed by atoms with E-state index in [9.17, 15) is 9.59 Å². The van der Waals surface area contributed by atoms with Crippen LogP contribution in [0.15, 0.2) is 41.2 Å². The topological polar surface area (TPSA) is 67.2 Å². The Kier molecular flexibility index (Phi) is 6.98. The fourth-order valence-electron chi connectivity index (χ4n) is 3.46. The standard InChI is InChI=1S/C22H30N4O2/c1-3-12-26-21(27)9-8-20(24-26)22(28)23-15-18-4-6-19(7-5-18)16-25-13-10-17(2)11-14-25/h4-9,17H,3,10-16H2,1-2H3,(H,23,28). The quantitative estimate of drug-likeness (QED) is 0.800. The molecule has 0 unspecified atom stereocenters. The summed E-state index contributed by atoms with van der Waals surface area (Å²) in [5.74, 6) is 0.578. The first-order valence-corrected chi connectivity index (χ1v) is 10.2. The van der Waals surface area contributed by atoms with Crippen molar-refractivity contribution in [2.24, 2.45) is 5.92 Å². The van der Waals surface area contributed by atoms with Crippen LogP contribution in [0.3, 0.4) is 0 Å². The molecule has 0 saturated carbocycles. The van der Waals surface area contributed by atoms with Gasteiger partial charge in [-0.3, -0.25) is 14.5 Å². The van der Waals surface area contributed by atoms with E-state index in [2.05, 4.69) is 46.5 Å². The smallest absolute Gasteiger partial charge is 0.271 e. The van der Waals surface area contributed by atoms with E-state index in [1.54, 1.807) is 0 Å². The number of hydrogen-bond acceptors (Lipinski definition) is 4. The monoisotopic (exact) mass is 382 g/mol. The second-order valence-electron chi connectivity index (χ2n) is 7.74. The highest BCUT2D eigenvalue weighted by Gasteiger charge is 2.15. The lowest BCUT2D eigenvalue weighted by atomic mass is 9.99. The van der Waals surface area contributed by atoms with E-state index in [-0.39, 0.29) is 17.2 Å². The molecule has 28 heavy (non-hydrogen) atoms. The Balaban J connectivity index is 1.52. The molecule has 1 aromatic carbocycles. The normalized spacial score (nSPS) is 15.5. The Labute approximate surface area is 166 Å². The summed E-state index contributed by atoms with van der Waals surface area (Å²) in [6.07, 6.45) is 3.36. The van der Waals surface area contributed by atoms with Gasteiger partial charge in [-0.25, -0.2) is 4.68 Å². The zero-order chi connectivity index (χ0) is 19.9. The molecular formula is C22H30N4O2. The third-order valence-electron chi connectivity index (χ3n) is 5.29. The van der Waals surface area contributed by atoms with Crippen LogP contribution in [-0.2, 0) is 19.6 Å². The molecule has 1 aliphatic heterocycles. The molecule has 1 N–H and O–H groups in total. The number of aromatic nitrogens is 2. The average molecular weight is 383 g/mol. The lowest BCUT2D eigenvalue weighted by Crippen LogP contribution is -2.32. The van der Waals surface area contributed by atoms with E-state index in [0.717, 1.165) is 24.4 Å². The number of nitrogens with zero attached hydrogens (tertiary/aromatic N) is 3. The molecule has 0 bridgehead atoms. The zero-order valence-corrected chi connectivity index (χ0v) is 16.9. The highest BCUT2D eigenvalue weighted by Crippen LogP contribution is 2.18. The van der Waals surface area contributed by atoms with Crippen molar-refractivity contribution in [3.63, 3.8) is 0 Å². The van der Waals surface area contributed by atoms with Crippen molar-refractivity contribution in [2.75, 3.05) is 13.1 Å². The first-order valence-electron chi connectivity index (χ1n) is 10.2. The predicted molar refractivity (Wildman–Crippen MR) is 110 cm³/mol. The number of amides is 1. The molecule has 1 aliphatic rings. The first-order chi connectivity index (χ1) is 13.5. The molecule has 1 amide bonds. The van der Waals surface area contributed by atoms with Crippen molar-refractivity contribution in [3.8, 4) is 0 Å². The number of hydrogen-bond donors (Lipinski definition) is 1. The summed E-state index contributed by atoms with van der Waals surface area (Å²) in [7, 11) is 0. The van der Waals surface area contributed by atoms with Crippen molar-refractivity contribution in [1.82, 2.24) is 20.0 Å². The Hall–Kier alpha value is -2.47. The van der Waals surface area contributed by atoms with Crippen LogP contribution >= 0.6 is 0 Å². The number of carbonyl (C=O) groups excluding carboxylic acids is 1. The van der Waals surface area contributed by atoms with Crippen LogP contribution in [0.4, 0.5) is 0 Å². The molecule has 0 radical (unpaired) electrons. The van der Waals surface area contributed by atoms with E-state index in [1.807, 2.05) is 6.92 Å². The van der Waals surface area contributed by atoms with Crippen molar-refractivity contribution < 1.29 is 4.79 Å². The largest absolute Gasteiger partial charge is 0.347 e. The summed E-state index contributed by atoms with van der Waals surface area (Å²) in [6, 6.07) is 11.3. The molecular weight excluding hydrogens is 352 g/mol. The Morgan fingerprint density at radius 2 is 1.79 bits per heavy atom. The zero-order valence-electron chi connectivity index (χ0n) is 16.9. The minimum absolute atomic E-state index is 0.183. The van der Waals surface area contributed by atoms with Gasteiger partial charge in [0.1, 0.15) is 5.69 Å². The second kappa shape index (κ2) is 9.64. The molecule has 150 valence electrons. The maximum atomic E-state index is 12.3. The Bertz CT molecular complexity index is 836. The van der Waals surface area contributed by atoms with Crippen molar-refractivity contribution >= 4 is 5.91 Å². The first kappa shape index (κ1) is 20.3. The van der Waals surface area contributed by atoms with Crippen LogP contribution < -0.4 is 10.9 Å². The molecule has 3 rings (SSSR count). The molecule has 1 saturated heterocycles. The maximum absolute atomic E-state index is 12.3. The average Bonchev–Trinajstić information content (AvgIpc) is 2.71. The van der Waals surface area contributed by atoms with Crippen molar-refractivity contribution in [2.45, 2.75) is 52.7 Å². The van der Waals surface area contributed by atoms with Gasteiger partial charge in [0, 0.05) is 25.7 Å². The number of rotatable bonds is 7. The number of likely N-dealkylation sites (tertiary alicyclic amines) is 1. The van der Waals surface area contributed by atoms with Gasteiger partial charge in [-0.05, 0) is 55.5 Å². The van der Waals surface area contributed by atoms with Crippen LogP contribution in [0.25, 0.3) is 0 Å². The highest BCUT2D eigenvalue weighted by atomic mass is 16.2. The lowest BCUT2D eigenvalue weighted by Gasteiger charge is -2.30. The fourth-order valence-corrected chi connectivity index (χ4v) is 3.46. The van der Waals surface area contributed by atoms with E-state index in [4.69, 9.17) is 0 Å². The van der Waals surface area contributed by atoms with Crippen LogP contribution in [0.5, 0.6) is 0 Å². The van der Waals surface area contributed by atoms with Gasteiger partial charge in [0.05, 0.1) is 0 Å². The third kappa shape index (κ3) is 5.52. The summed E-state index contributed by atoms with van der Waals surface area (Å²) >= 11 is 0. The summed E-state index contributed by atoms with van der Waals surface area (Å²) < 4.78 is 1.34. The molecule has 1 fully saturated rings. The third-order valence-corrected chi connectivity index (χ3v) is 5.29. The second-order valence-corrected chi connectivity index (χ2v) is 7.74. The van der Waals surface area contributed by atoms with E-state index < -0.39 is 0 Å². The van der Waals surface area contributed by atoms with Gasteiger partial charge in [-0.2, -0.15) is 5.10 Å². The highest BCUT2D eigenvalue weighted by molar-refractivity contribution is 5.91. The Morgan fingerprint density at radius 1 is 1.11 bits per heavy atom. The summed E-state index contributed by atoms with van der Waals surface area (Å²) in [6.45, 7) is 8.58. The fraction of sp³-hybridized carbons (Fsp3) is 0.500. The van der Waals surface area contributed by atoms with Crippen LogP contribution in [0.2, 0.25) is 0 Å². The van der Waals surface area contributed by atoms with Gasteiger partial charge in [0.25, 0.3) is 11.5 Å². The van der Waals surface area contributed by atoms with Crippen molar-refractivity contribution in [3.05, 3.63) is 63.6 Å². The van der Waals surface area contributed by atoms with Gasteiger partial charge in [-0.15, -0.1) is 0 Å². The van der Waals surface area contributed by atoms with Gasteiger partial charge in [-0.1, -0.05) is 38.1 Å². The van der Waals surface area contributed by atoms with Gasteiger partial charge >= 0.3 is 0 Å². The SMILES string of the molecule is CCCn1nc(C(=O)NCc2ccc(CN3CCC(C)CC3)cc2)ccc1=O.